The van der Waals surface area contributed by atoms with Crippen molar-refractivity contribution < 1.29 is 19.1 Å². The van der Waals surface area contributed by atoms with Gasteiger partial charge in [-0.2, -0.15) is 0 Å². The molecule has 0 bridgehead atoms. The second kappa shape index (κ2) is 12.4. The third-order valence-corrected chi connectivity index (χ3v) is 8.49. The number of carbonyl (C=O) groups excluding carboxylic acids is 3. The predicted octanol–water partition coefficient (Wildman–Crippen LogP) is 6.87. The maximum Gasteiger partial charge on any atom is 0.341 e. The van der Waals surface area contributed by atoms with Gasteiger partial charge in [-0.1, -0.05) is 30.2 Å². The minimum Gasteiger partial charge on any atom is -0.462 e. The van der Waals surface area contributed by atoms with Gasteiger partial charge in [0.15, 0.2) is 0 Å². The quantitative estimate of drug-likeness (QED) is 0.186. The summed E-state index contributed by atoms with van der Waals surface area (Å²) in [6.07, 6.45) is 5.02. The first-order valence-corrected chi connectivity index (χ1v) is 14.3. The lowest BCUT2D eigenvalue weighted by Crippen LogP contribution is -2.23. The summed E-state index contributed by atoms with van der Waals surface area (Å²) < 4.78 is 5.33. The molecule has 4 rings (SSSR count). The number of aryl methyl sites for hydroxylation is 2. The summed E-state index contributed by atoms with van der Waals surface area (Å²) in [7, 11) is 0. The number of thiophene rings is 1. The normalized spacial score (nSPS) is 13.7. The van der Waals surface area contributed by atoms with Crippen LogP contribution in [0.5, 0.6) is 0 Å². The topological polar surface area (TPSA) is 84.5 Å². The Morgan fingerprint density at radius 3 is 2.59 bits per heavy atom. The summed E-state index contributed by atoms with van der Waals surface area (Å²) >= 11 is 2.90. The van der Waals surface area contributed by atoms with Gasteiger partial charge in [0.05, 0.1) is 17.4 Å². The van der Waals surface area contributed by atoms with E-state index < -0.39 is 5.25 Å². The van der Waals surface area contributed by atoms with Crippen molar-refractivity contribution in [2.75, 3.05) is 17.2 Å². The van der Waals surface area contributed by atoms with E-state index in [1.807, 2.05) is 56.3 Å². The van der Waals surface area contributed by atoms with Crippen LogP contribution in [0.15, 0.2) is 53.4 Å². The maximum atomic E-state index is 13.2. The number of hydrogen-bond donors (Lipinski definition) is 2. The number of nitrogens with one attached hydrogen (secondary N) is 2. The van der Waals surface area contributed by atoms with Crippen molar-refractivity contribution in [3.63, 3.8) is 0 Å². The van der Waals surface area contributed by atoms with Gasteiger partial charge >= 0.3 is 5.97 Å². The van der Waals surface area contributed by atoms with Crippen LogP contribution in [-0.4, -0.2) is 29.6 Å². The summed E-state index contributed by atoms with van der Waals surface area (Å²) in [5.74, 6) is -0.726. The van der Waals surface area contributed by atoms with Gasteiger partial charge in [-0.15, -0.1) is 23.1 Å². The summed E-state index contributed by atoms with van der Waals surface area (Å²) in [6.45, 7) is 5.86. The molecule has 0 fully saturated rings. The molecule has 1 aliphatic rings. The van der Waals surface area contributed by atoms with E-state index in [1.165, 1.54) is 28.0 Å². The molecule has 0 aliphatic heterocycles. The first kappa shape index (κ1) is 26.9. The molecule has 0 radical (unpaired) electrons. The lowest BCUT2D eigenvalue weighted by Gasteiger charge is -2.14. The van der Waals surface area contributed by atoms with E-state index >= 15 is 0 Å². The highest BCUT2D eigenvalue weighted by Crippen LogP contribution is 2.38. The van der Waals surface area contributed by atoms with Gasteiger partial charge in [-0.3, -0.25) is 9.59 Å². The SMILES string of the molecule is CCOC(=O)c1c(NC(=O)C(C)Sc2cccc(NC(=O)c3cccc(C)c3)c2)sc2c1CCCCC2. The molecule has 0 saturated carbocycles. The third kappa shape index (κ3) is 6.81. The monoisotopic (exact) mass is 536 g/mol. The minimum atomic E-state index is -0.417. The van der Waals surface area contributed by atoms with Crippen molar-refractivity contribution in [1.29, 1.82) is 0 Å². The number of esters is 1. The molecule has 0 spiro atoms. The molecule has 194 valence electrons. The van der Waals surface area contributed by atoms with Gasteiger partial charge in [-0.05, 0) is 82.3 Å². The van der Waals surface area contributed by atoms with Gasteiger partial charge in [0, 0.05) is 21.0 Å². The highest BCUT2D eigenvalue weighted by atomic mass is 32.2. The van der Waals surface area contributed by atoms with E-state index in [4.69, 9.17) is 4.74 Å². The highest BCUT2D eigenvalue weighted by molar-refractivity contribution is 8.00. The van der Waals surface area contributed by atoms with Crippen LogP contribution in [-0.2, 0) is 22.4 Å². The molecular formula is C29H32N2O4S2. The molecule has 1 atom stereocenters. The molecule has 1 aliphatic carbocycles. The van der Waals surface area contributed by atoms with Crippen LogP contribution >= 0.6 is 23.1 Å². The number of rotatable bonds is 8. The number of amides is 2. The first-order valence-electron chi connectivity index (χ1n) is 12.6. The predicted molar refractivity (Wildman–Crippen MR) is 151 cm³/mol. The fourth-order valence-corrected chi connectivity index (χ4v) is 6.56. The summed E-state index contributed by atoms with van der Waals surface area (Å²) in [4.78, 5) is 40.6. The number of hydrogen-bond acceptors (Lipinski definition) is 6. The Bertz CT molecular complexity index is 1300. The van der Waals surface area contributed by atoms with Crippen molar-refractivity contribution >= 4 is 51.6 Å². The van der Waals surface area contributed by atoms with Crippen LogP contribution < -0.4 is 10.6 Å². The Hall–Kier alpha value is -3.10. The zero-order chi connectivity index (χ0) is 26.4. The third-order valence-electron chi connectivity index (χ3n) is 6.19. The fourth-order valence-electron chi connectivity index (χ4n) is 4.36. The van der Waals surface area contributed by atoms with Crippen LogP contribution in [0.3, 0.4) is 0 Å². The molecule has 0 saturated heterocycles. The molecule has 8 heteroatoms. The van der Waals surface area contributed by atoms with Crippen molar-refractivity contribution in [1.82, 2.24) is 0 Å². The van der Waals surface area contributed by atoms with Crippen molar-refractivity contribution in [2.24, 2.45) is 0 Å². The molecule has 1 unspecified atom stereocenters. The van der Waals surface area contributed by atoms with E-state index in [1.54, 1.807) is 13.0 Å². The highest BCUT2D eigenvalue weighted by Gasteiger charge is 2.27. The Balaban J connectivity index is 1.45. The van der Waals surface area contributed by atoms with Crippen LogP contribution in [0.25, 0.3) is 0 Å². The average Bonchev–Trinajstić information content (AvgIpc) is 3.04. The van der Waals surface area contributed by atoms with Crippen LogP contribution in [0.2, 0.25) is 0 Å². The smallest absolute Gasteiger partial charge is 0.341 e. The second-order valence-electron chi connectivity index (χ2n) is 9.09. The maximum absolute atomic E-state index is 13.2. The minimum absolute atomic E-state index is 0.179. The Labute approximate surface area is 226 Å². The number of benzene rings is 2. The van der Waals surface area contributed by atoms with Gasteiger partial charge in [0.25, 0.3) is 5.91 Å². The summed E-state index contributed by atoms with van der Waals surface area (Å²) in [6, 6.07) is 14.9. The molecule has 1 aromatic heterocycles. The number of carbonyl (C=O) groups is 3. The van der Waals surface area contributed by atoms with E-state index in [0.717, 1.165) is 48.1 Å². The molecule has 3 aromatic rings. The zero-order valence-corrected chi connectivity index (χ0v) is 23.0. The van der Waals surface area contributed by atoms with E-state index in [9.17, 15) is 14.4 Å². The molecule has 6 nitrogen and oxygen atoms in total. The molecular weight excluding hydrogens is 504 g/mol. The summed E-state index contributed by atoms with van der Waals surface area (Å²) in [5.41, 5.74) is 3.84. The lowest BCUT2D eigenvalue weighted by atomic mass is 10.1. The van der Waals surface area contributed by atoms with Gasteiger partial charge in [0.1, 0.15) is 5.00 Å². The zero-order valence-electron chi connectivity index (χ0n) is 21.4. The van der Waals surface area contributed by atoms with Gasteiger partial charge in [-0.25, -0.2) is 4.79 Å². The van der Waals surface area contributed by atoms with Crippen molar-refractivity contribution in [3.05, 3.63) is 75.7 Å². The second-order valence-corrected chi connectivity index (χ2v) is 11.6. The first-order chi connectivity index (χ1) is 17.9. The van der Waals surface area contributed by atoms with Gasteiger partial charge < -0.3 is 15.4 Å². The van der Waals surface area contributed by atoms with Gasteiger partial charge in [0.2, 0.25) is 5.91 Å². The Morgan fingerprint density at radius 2 is 1.81 bits per heavy atom. The number of thioether (sulfide) groups is 1. The van der Waals surface area contributed by atoms with Crippen LogP contribution in [0, 0.1) is 6.92 Å². The Morgan fingerprint density at radius 1 is 1.03 bits per heavy atom. The standard InChI is InChI=1S/C29H32N2O4S2/c1-4-35-29(34)25-23-14-6-5-7-15-24(23)37-28(25)31-26(32)19(3)36-22-13-9-12-21(17-22)30-27(33)20-11-8-10-18(2)16-20/h8-13,16-17,19H,4-7,14-15H2,1-3H3,(H,30,33)(H,31,32). The number of ether oxygens (including phenoxy) is 1. The van der Waals surface area contributed by atoms with Crippen molar-refractivity contribution in [3.8, 4) is 0 Å². The Kier molecular flexibility index (Phi) is 9.05. The molecule has 2 amide bonds. The number of anilines is 2. The van der Waals surface area contributed by atoms with E-state index in [-0.39, 0.29) is 17.8 Å². The molecule has 1 heterocycles. The molecule has 2 N–H and O–H groups in total. The van der Waals surface area contributed by atoms with Crippen LogP contribution in [0.1, 0.15) is 69.8 Å². The van der Waals surface area contributed by atoms with Crippen LogP contribution in [0.4, 0.5) is 10.7 Å². The largest absolute Gasteiger partial charge is 0.462 e. The number of fused-ring (bicyclic) bond motifs is 1. The molecule has 2 aromatic carbocycles. The van der Waals surface area contributed by atoms with E-state index in [0.29, 0.717) is 28.4 Å². The summed E-state index contributed by atoms with van der Waals surface area (Å²) in [5, 5.41) is 6.11. The fraction of sp³-hybridized carbons (Fsp3) is 0.345. The molecule has 37 heavy (non-hydrogen) atoms. The lowest BCUT2D eigenvalue weighted by molar-refractivity contribution is -0.115. The average molecular weight is 537 g/mol. The van der Waals surface area contributed by atoms with E-state index in [2.05, 4.69) is 10.6 Å². The van der Waals surface area contributed by atoms with Crippen molar-refractivity contribution in [2.45, 2.75) is 63.0 Å².